The van der Waals surface area contributed by atoms with Crippen LogP contribution in [0.4, 0.5) is 0 Å². The maximum atomic E-state index is 12.8. The number of aryl methyl sites for hydroxylation is 4. The Morgan fingerprint density at radius 1 is 0.923 bits per heavy atom. The summed E-state index contributed by atoms with van der Waals surface area (Å²) in [5.74, 6) is 0.433. The zero-order valence-electron chi connectivity index (χ0n) is 23.1. The molecule has 0 aliphatic carbocycles. The van der Waals surface area contributed by atoms with E-state index < -0.39 is 6.10 Å². The van der Waals surface area contributed by atoms with Gasteiger partial charge in [-0.3, -0.25) is 0 Å². The predicted octanol–water partition coefficient (Wildman–Crippen LogP) is 9.39. The van der Waals surface area contributed by atoms with E-state index in [2.05, 4.69) is 80.0 Å². The molecule has 200 valence electrons. The third-order valence-corrected chi connectivity index (χ3v) is 9.86. The molecule has 0 saturated heterocycles. The third kappa shape index (κ3) is 5.10. The van der Waals surface area contributed by atoms with Crippen LogP contribution < -0.4 is 4.74 Å². The minimum absolute atomic E-state index is 0.364. The van der Waals surface area contributed by atoms with Crippen molar-refractivity contribution < 1.29 is 14.3 Å². The summed E-state index contributed by atoms with van der Waals surface area (Å²) in [5.41, 5.74) is 6.99. The van der Waals surface area contributed by atoms with Gasteiger partial charge in [-0.15, -0.1) is 11.3 Å². The van der Waals surface area contributed by atoms with Crippen LogP contribution in [0, 0.1) is 13.8 Å². The summed E-state index contributed by atoms with van der Waals surface area (Å²) in [6.07, 6.45) is 1.30. The number of carbonyl (C=O) groups is 1. The molecule has 39 heavy (non-hydrogen) atoms. The molecule has 0 fully saturated rings. The Labute approximate surface area is 242 Å². The van der Waals surface area contributed by atoms with Gasteiger partial charge in [-0.2, -0.15) is 0 Å². The molecule has 0 aliphatic heterocycles. The van der Waals surface area contributed by atoms with Crippen molar-refractivity contribution in [3.05, 3.63) is 98.3 Å². The SMILES string of the molecule is CCc1cc(-c2c3ccccc3c(Br)c3sc(C)c(C)c23)cc(CC)c1OC(Cc1ccccc1)C(=O)OC. The Hall–Kier alpha value is -3.15. The first-order valence-corrected chi connectivity index (χ1v) is 15.0. The lowest BCUT2D eigenvalue weighted by molar-refractivity contribution is -0.148. The highest BCUT2D eigenvalue weighted by Crippen LogP contribution is 2.48. The summed E-state index contributed by atoms with van der Waals surface area (Å²) < 4.78 is 14.1. The first-order chi connectivity index (χ1) is 18.9. The zero-order chi connectivity index (χ0) is 27.7. The molecular weight excluding hydrogens is 568 g/mol. The summed E-state index contributed by atoms with van der Waals surface area (Å²) in [6, 6.07) is 23.1. The molecule has 1 heterocycles. The molecule has 0 aliphatic rings. The lowest BCUT2D eigenvalue weighted by atomic mass is 9.89. The summed E-state index contributed by atoms with van der Waals surface area (Å²) in [7, 11) is 1.42. The van der Waals surface area contributed by atoms with Crippen LogP contribution in [0.2, 0.25) is 0 Å². The minimum Gasteiger partial charge on any atom is -0.478 e. The highest BCUT2D eigenvalue weighted by atomic mass is 79.9. The molecule has 0 radical (unpaired) electrons. The van der Waals surface area contributed by atoms with E-state index >= 15 is 0 Å². The fraction of sp³-hybridized carbons (Fsp3) is 0.265. The Kier molecular flexibility index (Phi) is 8.11. The molecule has 1 aromatic heterocycles. The molecule has 0 spiro atoms. The fourth-order valence-electron chi connectivity index (χ4n) is 5.38. The molecule has 5 aromatic rings. The van der Waals surface area contributed by atoms with Crippen molar-refractivity contribution in [1.82, 2.24) is 0 Å². The Morgan fingerprint density at radius 3 is 2.15 bits per heavy atom. The van der Waals surface area contributed by atoms with Gasteiger partial charge in [0.1, 0.15) is 5.75 Å². The second-order valence-corrected chi connectivity index (χ2v) is 11.9. The van der Waals surface area contributed by atoms with Gasteiger partial charge in [-0.05, 0) is 98.9 Å². The molecule has 4 aromatic carbocycles. The van der Waals surface area contributed by atoms with Gasteiger partial charge in [-0.1, -0.05) is 68.4 Å². The maximum Gasteiger partial charge on any atom is 0.347 e. The number of rotatable bonds is 8. The van der Waals surface area contributed by atoms with Crippen LogP contribution in [-0.2, 0) is 28.8 Å². The average Bonchev–Trinajstić information content (AvgIpc) is 3.27. The van der Waals surface area contributed by atoms with E-state index in [0.717, 1.165) is 39.8 Å². The van der Waals surface area contributed by atoms with Crippen molar-refractivity contribution in [2.24, 2.45) is 0 Å². The fourth-order valence-corrected chi connectivity index (χ4v) is 7.29. The van der Waals surface area contributed by atoms with Crippen molar-refractivity contribution in [1.29, 1.82) is 0 Å². The van der Waals surface area contributed by atoms with Crippen LogP contribution in [0.5, 0.6) is 5.75 Å². The van der Waals surface area contributed by atoms with Gasteiger partial charge >= 0.3 is 5.97 Å². The highest BCUT2D eigenvalue weighted by molar-refractivity contribution is 9.11. The van der Waals surface area contributed by atoms with Gasteiger partial charge < -0.3 is 9.47 Å². The van der Waals surface area contributed by atoms with Crippen LogP contribution in [0.1, 0.15) is 41.0 Å². The normalized spacial score (nSPS) is 12.2. The topological polar surface area (TPSA) is 35.5 Å². The maximum absolute atomic E-state index is 12.8. The number of hydrogen-bond donors (Lipinski definition) is 0. The zero-order valence-corrected chi connectivity index (χ0v) is 25.5. The molecule has 1 unspecified atom stereocenters. The molecule has 0 N–H and O–H groups in total. The first-order valence-electron chi connectivity index (χ1n) is 13.4. The van der Waals surface area contributed by atoms with Gasteiger partial charge in [0.15, 0.2) is 6.10 Å². The Bertz CT molecular complexity index is 1640. The van der Waals surface area contributed by atoms with Crippen LogP contribution in [-0.4, -0.2) is 19.2 Å². The molecule has 5 rings (SSSR count). The number of esters is 1. The third-order valence-electron chi connectivity index (χ3n) is 7.55. The lowest BCUT2D eigenvalue weighted by Crippen LogP contribution is -2.31. The largest absolute Gasteiger partial charge is 0.478 e. The first kappa shape index (κ1) is 27.4. The number of halogens is 1. The van der Waals surface area contributed by atoms with Crippen molar-refractivity contribution in [2.45, 2.75) is 53.1 Å². The van der Waals surface area contributed by atoms with Crippen LogP contribution in [0.3, 0.4) is 0 Å². The van der Waals surface area contributed by atoms with E-state index in [1.54, 1.807) is 0 Å². The van der Waals surface area contributed by atoms with Gasteiger partial charge in [0.2, 0.25) is 0 Å². The summed E-state index contributed by atoms with van der Waals surface area (Å²) in [4.78, 5) is 14.2. The number of hydrogen-bond acceptors (Lipinski definition) is 4. The van der Waals surface area contributed by atoms with Crippen LogP contribution in [0.15, 0.2) is 71.2 Å². The predicted molar refractivity (Wildman–Crippen MR) is 167 cm³/mol. The molecule has 0 amide bonds. The van der Waals surface area contributed by atoms with Gasteiger partial charge in [0, 0.05) is 21.2 Å². The monoisotopic (exact) mass is 600 g/mol. The number of fused-ring (bicyclic) bond motifs is 2. The molecular formula is C34H33BrO3S. The van der Waals surface area contributed by atoms with E-state index in [1.807, 2.05) is 41.7 Å². The van der Waals surface area contributed by atoms with Crippen molar-refractivity contribution in [3.63, 3.8) is 0 Å². The summed E-state index contributed by atoms with van der Waals surface area (Å²) in [6.45, 7) is 8.71. The summed E-state index contributed by atoms with van der Waals surface area (Å²) >= 11 is 5.77. The smallest absolute Gasteiger partial charge is 0.347 e. The Morgan fingerprint density at radius 2 is 1.54 bits per heavy atom. The number of benzene rings is 4. The number of ether oxygens (including phenoxy) is 2. The van der Waals surface area contributed by atoms with E-state index in [4.69, 9.17) is 9.47 Å². The van der Waals surface area contributed by atoms with Crippen LogP contribution >= 0.6 is 27.3 Å². The minimum atomic E-state index is -0.721. The second-order valence-electron chi connectivity index (χ2n) is 9.87. The lowest BCUT2D eigenvalue weighted by Gasteiger charge is -2.23. The van der Waals surface area contributed by atoms with Gasteiger partial charge in [-0.25, -0.2) is 4.79 Å². The molecule has 3 nitrogen and oxygen atoms in total. The Balaban J connectivity index is 1.70. The van der Waals surface area contributed by atoms with Gasteiger partial charge in [0.25, 0.3) is 0 Å². The van der Waals surface area contributed by atoms with Gasteiger partial charge in [0.05, 0.1) is 11.8 Å². The molecule has 1 atom stereocenters. The molecule has 5 heteroatoms. The van der Waals surface area contributed by atoms with Crippen molar-refractivity contribution in [2.75, 3.05) is 7.11 Å². The van der Waals surface area contributed by atoms with E-state index in [9.17, 15) is 4.79 Å². The average molecular weight is 602 g/mol. The number of carbonyl (C=O) groups excluding carboxylic acids is 1. The van der Waals surface area contributed by atoms with E-state index in [1.165, 1.54) is 49.5 Å². The quantitative estimate of drug-likeness (QED) is 0.166. The molecule has 0 saturated carbocycles. The summed E-state index contributed by atoms with van der Waals surface area (Å²) in [5, 5.41) is 3.75. The second kappa shape index (κ2) is 11.5. The standard InChI is InChI=1S/C34H33BrO3S/c1-6-23-18-25(30-26-15-11-12-16-27(26)31(35)33-29(30)20(3)21(4)39-33)19-24(7-2)32(23)38-28(34(36)37-5)17-22-13-9-8-10-14-22/h8-16,18-19,28H,6-7,17H2,1-5H3. The molecule has 0 bridgehead atoms. The van der Waals surface area contributed by atoms with E-state index in [0.29, 0.717) is 6.42 Å². The highest BCUT2D eigenvalue weighted by Gasteiger charge is 2.26. The van der Waals surface area contributed by atoms with Crippen LogP contribution in [0.25, 0.3) is 32.0 Å². The van der Waals surface area contributed by atoms with E-state index in [-0.39, 0.29) is 5.97 Å². The van der Waals surface area contributed by atoms with Crippen molar-refractivity contribution >= 4 is 54.1 Å². The van der Waals surface area contributed by atoms with Crippen molar-refractivity contribution in [3.8, 4) is 16.9 Å². The number of methoxy groups -OCH3 is 1. The number of thiophene rings is 1.